The summed E-state index contributed by atoms with van der Waals surface area (Å²) in [5, 5.41) is 0. The second-order valence-electron chi connectivity index (χ2n) is 8.14. The standard InChI is InChI=1S/C24H27N3O5/c1-17-6-5-7-19(14-17)15-25-10-12-26(13-11-25)22(28)16-31-23(29)18(2)27-20-8-3-4-9-21(20)32-24(27)30/h3-9,14,18H,10-13,15-16H2,1-2H3. The van der Waals surface area contributed by atoms with Crippen LogP contribution in [0.3, 0.4) is 0 Å². The molecule has 2 aromatic carbocycles. The highest BCUT2D eigenvalue weighted by Crippen LogP contribution is 2.17. The predicted octanol–water partition coefficient (Wildman–Crippen LogP) is 2.35. The molecule has 1 fully saturated rings. The lowest BCUT2D eigenvalue weighted by Gasteiger charge is -2.34. The van der Waals surface area contributed by atoms with E-state index in [0.717, 1.165) is 19.6 Å². The van der Waals surface area contributed by atoms with Crippen LogP contribution in [0.2, 0.25) is 0 Å². The van der Waals surface area contributed by atoms with E-state index in [1.54, 1.807) is 36.1 Å². The molecule has 0 radical (unpaired) electrons. The van der Waals surface area contributed by atoms with E-state index in [1.807, 2.05) is 0 Å². The van der Waals surface area contributed by atoms with Gasteiger partial charge in [0.2, 0.25) is 0 Å². The van der Waals surface area contributed by atoms with Crippen molar-refractivity contribution in [3.05, 3.63) is 70.2 Å². The maximum absolute atomic E-state index is 12.5. The highest BCUT2D eigenvalue weighted by molar-refractivity contribution is 5.83. The summed E-state index contributed by atoms with van der Waals surface area (Å²) in [7, 11) is 0. The van der Waals surface area contributed by atoms with Gasteiger partial charge >= 0.3 is 11.7 Å². The number of aromatic nitrogens is 1. The molecule has 1 saturated heterocycles. The average Bonchev–Trinajstić information content (AvgIpc) is 3.13. The second kappa shape index (κ2) is 9.40. The number of nitrogens with zero attached hydrogens (tertiary/aromatic N) is 3. The molecule has 2 heterocycles. The molecule has 1 aromatic heterocycles. The molecule has 0 N–H and O–H groups in total. The van der Waals surface area contributed by atoms with Gasteiger partial charge in [-0.25, -0.2) is 9.59 Å². The van der Waals surface area contributed by atoms with Crippen LogP contribution < -0.4 is 5.76 Å². The molecule has 0 spiro atoms. The van der Waals surface area contributed by atoms with Crippen LogP contribution in [0.15, 0.2) is 57.7 Å². The summed E-state index contributed by atoms with van der Waals surface area (Å²) in [5.41, 5.74) is 3.41. The summed E-state index contributed by atoms with van der Waals surface area (Å²) in [6.07, 6.45) is 0. The summed E-state index contributed by atoms with van der Waals surface area (Å²) in [4.78, 5) is 41.2. The molecule has 8 heteroatoms. The summed E-state index contributed by atoms with van der Waals surface area (Å²) < 4.78 is 11.6. The number of hydrogen-bond donors (Lipinski definition) is 0. The zero-order chi connectivity index (χ0) is 22.7. The van der Waals surface area contributed by atoms with Gasteiger partial charge in [-0.2, -0.15) is 0 Å². The number of benzene rings is 2. The van der Waals surface area contributed by atoms with Crippen molar-refractivity contribution in [3.63, 3.8) is 0 Å². The number of rotatable bonds is 6. The largest absolute Gasteiger partial charge is 0.454 e. The van der Waals surface area contributed by atoms with Crippen molar-refractivity contribution < 1.29 is 18.7 Å². The Morgan fingerprint density at radius 3 is 2.56 bits per heavy atom. The van der Waals surface area contributed by atoms with Crippen molar-refractivity contribution in [2.45, 2.75) is 26.4 Å². The van der Waals surface area contributed by atoms with Crippen LogP contribution in [0.4, 0.5) is 0 Å². The number of esters is 1. The van der Waals surface area contributed by atoms with Gasteiger partial charge in [0, 0.05) is 32.7 Å². The number of ether oxygens (including phenoxy) is 1. The fraction of sp³-hybridized carbons (Fsp3) is 0.375. The highest BCUT2D eigenvalue weighted by Gasteiger charge is 2.26. The quantitative estimate of drug-likeness (QED) is 0.551. The van der Waals surface area contributed by atoms with Crippen LogP contribution in [0, 0.1) is 6.92 Å². The molecule has 1 amide bonds. The Hall–Kier alpha value is -3.39. The third-order valence-electron chi connectivity index (χ3n) is 5.80. The molecule has 1 aliphatic heterocycles. The number of hydrogen-bond acceptors (Lipinski definition) is 6. The Labute approximate surface area is 186 Å². The highest BCUT2D eigenvalue weighted by atomic mass is 16.5. The molecule has 8 nitrogen and oxygen atoms in total. The molecule has 32 heavy (non-hydrogen) atoms. The van der Waals surface area contributed by atoms with Gasteiger partial charge < -0.3 is 14.1 Å². The molecule has 0 saturated carbocycles. The number of fused-ring (bicyclic) bond motifs is 1. The summed E-state index contributed by atoms with van der Waals surface area (Å²) in [5.74, 6) is -1.51. The van der Waals surface area contributed by atoms with Gasteiger partial charge in [0.15, 0.2) is 12.2 Å². The molecule has 1 aliphatic rings. The van der Waals surface area contributed by atoms with E-state index in [-0.39, 0.29) is 12.5 Å². The molecule has 3 aromatic rings. The Kier molecular flexibility index (Phi) is 6.41. The summed E-state index contributed by atoms with van der Waals surface area (Å²) in [6.45, 7) is 6.84. The summed E-state index contributed by atoms with van der Waals surface area (Å²) in [6, 6.07) is 14.4. The number of carbonyl (C=O) groups is 2. The van der Waals surface area contributed by atoms with Gasteiger partial charge in [-0.15, -0.1) is 0 Å². The maximum Gasteiger partial charge on any atom is 0.420 e. The summed E-state index contributed by atoms with van der Waals surface area (Å²) >= 11 is 0. The van der Waals surface area contributed by atoms with Crippen molar-refractivity contribution in [1.29, 1.82) is 0 Å². The van der Waals surface area contributed by atoms with Gasteiger partial charge in [0.05, 0.1) is 5.52 Å². The lowest BCUT2D eigenvalue weighted by atomic mass is 10.1. The van der Waals surface area contributed by atoms with E-state index in [2.05, 4.69) is 36.1 Å². The minimum Gasteiger partial charge on any atom is -0.454 e. The van der Waals surface area contributed by atoms with Crippen LogP contribution in [0.1, 0.15) is 24.1 Å². The van der Waals surface area contributed by atoms with Crippen LogP contribution in [-0.2, 0) is 20.9 Å². The number of piperazine rings is 1. The Bertz CT molecular complexity index is 1170. The van der Waals surface area contributed by atoms with Gasteiger partial charge in [-0.05, 0) is 31.5 Å². The normalized spacial score (nSPS) is 15.6. The Morgan fingerprint density at radius 2 is 1.81 bits per heavy atom. The topological polar surface area (TPSA) is 85.0 Å². The predicted molar refractivity (Wildman–Crippen MR) is 119 cm³/mol. The zero-order valence-electron chi connectivity index (χ0n) is 18.3. The average molecular weight is 437 g/mol. The third kappa shape index (κ3) is 4.75. The SMILES string of the molecule is Cc1cccc(CN2CCN(C(=O)COC(=O)C(C)n3c(=O)oc4ccccc43)CC2)c1. The van der Waals surface area contributed by atoms with Crippen molar-refractivity contribution in [2.75, 3.05) is 32.8 Å². The number of carbonyl (C=O) groups excluding carboxylic acids is 2. The first kappa shape index (κ1) is 21.8. The fourth-order valence-electron chi connectivity index (χ4n) is 4.03. The number of para-hydroxylation sites is 2. The maximum atomic E-state index is 12.5. The van der Waals surface area contributed by atoms with E-state index >= 15 is 0 Å². The lowest BCUT2D eigenvalue weighted by molar-refractivity contribution is -0.155. The first-order valence-corrected chi connectivity index (χ1v) is 10.7. The molecule has 168 valence electrons. The van der Waals surface area contributed by atoms with Crippen molar-refractivity contribution in [2.24, 2.45) is 0 Å². The van der Waals surface area contributed by atoms with E-state index in [9.17, 15) is 14.4 Å². The van der Waals surface area contributed by atoms with E-state index in [0.29, 0.717) is 24.2 Å². The monoisotopic (exact) mass is 437 g/mol. The van der Waals surface area contributed by atoms with Crippen molar-refractivity contribution >= 4 is 23.0 Å². The molecule has 1 unspecified atom stereocenters. The molecular weight excluding hydrogens is 410 g/mol. The first-order chi connectivity index (χ1) is 15.4. The van der Waals surface area contributed by atoms with E-state index < -0.39 is 17.8 Å². The first-order valence-electron chi connectivity index (χ1n) is 10.7. The van der Waals surface area contributed by atoms with Gasteiger partial charge in [-0.1, -0.05) is 42.0 Å². The van der Waals surface area contributed by atoms with Crippen molar-refractivity contribution in [3.8, 4) is 0 Å². The van der Waals surface area contributed by atoms with Crippen molar-refractivity contribution in [1.82, 2.24) is 14.4 Å². The molecule has 0 bridgehead atoms. The molecule has 0 aliphatic carbocycles. The smallest absolute Gasteiger partial charge is 0.420 e. The minimum atomic E-state index is -0.898. The number of amides is 1. The number of oxazole rings is 1. The minimum absolute atomic E-state index is 0.231. The lowest BCUT2D eigenvalue weighted by Crippen LogP contribution is -2.49. The van der Waals surface area contributed by atoms with Gasteiger partial charge in [-0.3, -0.25) is 14.3 Å². The van der Waals surface area contributed by atoms with Crippen LogP contribution in [0.5, 0.6) is 0 Å². The second-order valence-corrected chi connectivity index (χ2v) is 8.14. The Balaban J connectivity index is 1.28. The molecular formula is C24H27N3O5. The van der Waals surface area contributed by atoms with Crippen LogP contribution >= 0.6 is 0 Å². The molecule has 4 rings (SSSR count). The van der Waals surface area contributed by atoms with Crippen LogP contribution in [-0.4, -0.2) is 59.0 Å². The zero-order valence-corrected chi connectivity index (χ0v) is 18.3. The van der Waals surface area contributed by atoms with Crippen LogP contribution in [0.25, 0.3) is 11.1 Å². The van der Waals surface area contributed by atoms with E-state index in [1.165, 1.54) is 15.7 Å². The van der Waals surface area contributed by atoms with E-state index in [4.69, 9.17) is 9.15 Å². The molecule has 1 atom stereocenters. The fourth-order valence-corrected chi connectivity index (χ4v) is 4.03. The number of aryl methyl sites for hydroxylation is 1. The van der Waals surface area contributed by atoms with Gasteiger partial charge in [0.25, 0.3) is 5.91 Å². The van der Waals surface area contributed by atoms with Gasteiger partial charge in [0.1, 0.15) is 6.04 Å². The third-order valence-corrected chi connectivity index (χ3v) is 5.80. The Morgan fingerprint density at radius 1 is 1.06 bits per heavy atom.